The second-order valence-electron chi connectivity index (χ2n) is 7.90. The Balaban J connectivity index is 1.29. The van der Waals surface area contributed by atoms with E-state index in [0.29, 0.717) is 24.0 Å². The SMILES string of the molecule is O=C(c1c[nH]c2ccc([N+](=O)[O-])cc12)N1CCN(Cc2cccc3ccccc23)CC1. The molecule has 7 heteroatoms. The second kappa shape index (κ2) is 7.85. The molecule has 4 aromatic rings. The largest absolute Gasteiger partial charge is 0.360 e. The molecule has 1 amide bonds. The van der Waals surface area contributed by atoms with Gasteiger partial charge in [0.25, 0.3) is 11.6 Å². The fraction of sp³-hybridized carbons (Fsp3) is 0.208. The van der Waals surface area contributed by atoms with Crippen LogP contribution in [0.5, 0.6) is 0 Å². The first-order chi connectivity index (χ1) is 15.1. The summed E-state index contributed by atoms with van der Waals surface area (Å²) in [7, 11) is 0. The van der Waals surface area contributed by atoms with E-state index in [-0.39, 0.29) is 11.6 Å². The molecule has 0 bridgehead atoms. The third kappa shape index (κ3) is 3.64. The zero-order valence-corrected chi connectivity index (χ0v) is 17.0. The molecule has 1 N–H and O–H groups in total. The van der Waals surface area contributed by atoms with Crippen LogP contribution in [0.1, 0.15) is 15.9 Å². The van der Waals surface area contributed by atoms with Crippen molar-refractivity contribution in [1.82, 2.24) is 14.8 Å². The van der Waals surface area contributed by atoms with Crippen LogP contribution >= 0.6 is 0 Å². The Morgan fingerprint density at radius 1 is 0.968 bits per heavy atom. The summed E-state index contributed by atoms with van der Waals surface area (Å²) in [5.41, 5.74) is 2.49. The van der Waals surface area contributed by atoms with Gasteiger partial charge >= 0.3 is 0 Å². The summed E-state index contributed by atoms with van der Waals surface area (Å²) in [4.78, 5) is 31.0. The smallest absolute Gasteiger partial charge is 0.270 e. The van der Waals surface area contributed by atoms with Crippen molar-refractivity contribution in [1.29, 1.82) is 0 Å². The average Bonchev–Trinajstić information content (AvgIpc) is 3.22. The Morgan fingerprint density at radius 2 is 1.74 bits per heavy atom. The number of fused-ring (bicyclic) bond motifs is 2. The summed E-state index contributed by atoms with van der Waals surface area (Å²) in [5, 5.41) is 14.2. The zero-order chi connectivity index (χ0) is 21.4. The lowest BCUT2D eigenvalue weighted by molar-refractivity contribution is -0.384. The van der Waals surface area contributed by atoms with Gasteiger partial charge in [0.05, 0.1) is 10.5 Å². The molecule has 1 aliphatic rings. The third-order valence-electron chi connectivity index (χ3n) is 6.04. The molecule has 1 aromatic heterocycles. The zero-order valence-electron chi connectivity index (χ0n) is 17.0. The third-order valence-corrected chi connectivity index (χ3v) is 6.04. The van der Waals surface area contributed by atoms with Crippen LogP contribution in [0.2, 0.25) is 0 Å². The second-order valence-corrected chi connectivity index (χ2v) is 7.90. The number of rotatable bonds is 4. The Labute approximate surface area is 179 Å². The number of H-pyrrole nitrogens is 1. The number of non-ortho nitro benzene ring substituents is 1. The number of piperazine rings is 1. The molecule has 0 aliphatic carbocycles. The predicted octanol–water partition coefficient (Wildman–Crippen LogP) is 4.19. The lowest BCUT2D eigenvalue weighted by Gasteiger charge is -2.35. The molecule has 156 valence electrons. The highest BCUT2D eigenvalue weighted by Crippen LogP contribution is 2.25. The summed E-state index contributed by atoms with van der Waals surface area (Å²) >= 11 is 0. The lowest BCUT2D eigenvalue weighted by atomic mass is 10.0. The molecule has 31 heavy (non-hydrogen) atoms. The van der Waals surface area contributed by atoms with Gasteiger partial charge in [-0.25, -0.2) is 0 Å². The van der Waals surface area contributed by atoms with Gasteiger partial charge in [0.15, 0.2) is 0 Å². The van der Waals surface area contributed by atoms with Crippen LogP contribution in [0.15, 0.2) is 66.9 Å². The molecule has 1 fully saturated rings. The maximum Gasteiger partial charge on any atom is 0.270 e. The summed E-state index contributed by atoms with van der Waals surface area (Å²) in [6.07, 6.45) is 1.65. The van der Waals surface area contributed by atoms with Crippen LogP contribution in [-0.4, -0.2) is 51.8 Å². The Hall–Kier alpha value is -3.71. The first kappa shape index (κ1) is 19.3. The monoisotopic (exact) mass is 414 g/mol. The van der Waals surface area contributed by atoms with Crippen molar-refractivity contribution in [3.63, 3.8) is 0 Å². The number of aromatic amines is 1. The number of amides is 1. The van der Waals surface area contributed by atoms with E-state index in [2.05, 4.69) is 52.3 Å². The van der Waals surface area contributed by atoms with Crippen LogP contribution in [0.25, 0.3) is 21.7 Å². The first-order valence-electron chi connectivity index (χ1n) is 10.3. The summed E-state index contributed by atoms with van der Waals surface area (Å²) in [6, 6.07) is 19.3. The minimum Gasteiger partial charge on any atom is -0.360 e. The molecule has 2 heterocycles. The van der Waals surface area contributed by atoms with Crippen molar-refractivity contribution in [2.24, 2.45) is 0 Å². The Bertz CT molecular complexity index is 1280. The van der Waals surface area contributed by atoms with Gasteiger partial charge in [-0.2, -0.15) is 0 Å². The van der Waals surface area contributed by atoms with E-state index in [0.717, 1.165) is 25.2 Å². The van der Waals surface area contributed by atoms with E-state index in [1.807, 2.05) is 4.90 Å². The van der Waals surface area contributed by atoms with Crippen molar-refractivity contribution in [2.75, 3.05) is 26.2 Å². The van der Waals surface area contributed by atoms with Crippen molar-refractivity contribution >= 4 is 33.3 Å². The minimum atomic E-state index is -0.438. The predicted molar refractivity (Wildman–Crippen MR) is 120 cm³/mol. The molecule has 1 aliphatic heterocycles. The summed E-state index contributed by atoms with van der Waals surface area (Å²) < 4.78 is 0. The molecule has 5 rings (SSSR count). The van der Waals surface area contributed by atoms with E-state index in [1.54, 1.807) is 12.3 Å². The van der Waals surface area contributed by atoms with Gasteiger partial charge in [0.2, 0.25) is 0 Å². The van der Waals surface area contributed by atoms with Crippen LogP contribution in [-0.2, 0) is 6.54 Å². The van der Waals surface area contributed by atoms with E-state index in [1.165, 1.54) is 28.5 Å². The number of nitro benzene ring substituents is 1. The number of benzene rings is 3. The van der Waals surface area contributed by atoms with E-state index in [4.69, 9.17) is 0 Å². The number of nitrogens with zero attached hydrogens (tertiary/aromatic N) is 3. The van der Waals surface area contributed by atoms with Gasteiger partial charge in [-0.1, -0.05) is 42.5 Å². The standard InChI is InChI=1S/C24H22N4O3/c29-24(22-15-25-23-9-8-19(28(30)31)14-21(22)23)27-12-10-26(11-13-27)16-18-6-3-5-17-4-1-2-7-20(17)18/h1-9,14-15,25H,10-13,16H2. The molecular weight excluding hydrogens is 392 g/mol. The highest BCUT2D eigenvalue weighted by atomic mass is 16.6. The van der Waals surface area contributed by atoms with Crippen molar-refractivity contribution < 1.29 is 9.72 Å². The Morgan fingerprint density at radius 3 is 2.55 bits per heavy atom. The lowest BCUT2D eigenvalue weighted by Crippen LogP contribution is -2.48. The molecule has 3 aromatic carbocycles. The maximum absolute atomic E-state index is 13.1. The molecule has 0 radical (unpaired) electrons. The van der Waals surface area contributed by atoms with Crippen LogP contribution in [0, 0.1) is 10.1 Å². The molecule has 1 saturated heterocycles. The number of nitrogens with one attached hydrogen (secondary N) is 1. The maximum atomic E-state index is 13.1. The molecule has 0 saturated carbocycles. The van der Waals surface area contributed by atoms with Gasteiger partial charge in [-0.15, -0.1) is 0 Å². The van der Waals surface area contributed by atoms with Crippen molar-refractivity contribution in [3.8, 4) is 0 Å². The number of hydrogen-bond donors (Lipinski definition) is 1. The first-order valence-corrected chi connectivity index (χ1v) is 10.3. The number of carbonyl (C=O) groups excluding carboxylic acids is 1. The van der Waals surface area contributed by atoms with E-state index in [9.17, 15) is 14.9 Å². The quantitative estimate of drug-likeness (QED) is 0.401. The van der Waals surface area contributed by atoms with Gasteiger partial charge in [-0.3, -0.25) is 19.8 Å². The molecule has 0 spiro atoms. The fourth-order valence-corrected chi connectivity index (χ4v) is 4.35. The number of carbonyl (C=O) groups is 1. The normalized spacial score (nSPS) is 14.9. The van der Waals surface area contributed by atoms with Crippen LogP contribution < -0.4 is 0 Å². The van der Waals surface area contributed by atoms with Crippen LogP contribution in [0.4, 0.5) is 5.69 Å². The fourth-order valence-electron chi connectivity index (χ4n) is 4.35. The summed E-state index contributed by atoms with van der Waals surface area (Å²) in [6.45, 7) is 3.69. The summed E-state index contributed by atoms with van der Waals surface area (Å²) in [5.74, 6) is -0.0865. The highest BCUT2D eigenvalue weighted by Gasteiger charge is 2.25. The molecule has 0 unspecified atom stereocenters. The van der Waals surface area contributed by atoms with Gasteiger partial charge in [0, 0.05) is 62.0 Å². The van der Waals surface area contributed by atoms with Crippen LogP contribution in [0.3, 0.4) is 0 Å². The average molecular weight is 414 g/mol. The van der Waals surface area contributed by atoms with Gasteiger partial charge in [0.1, 0.15) is 0 Å². The van der Waals surface area contributed by atoms with Crippen molar-refractivity contribution in [3.05, 3.63) is 88.1 Å². The molecule has 7 nitrogen and oxygen atoms in total. The number of nitro groups is 1. The van der Waals surface area contributed by atoms with E-state index >= 15 is 0 Å². The highest BCUT2D eigenvalue weighted by molar-refractivity contribution is 6.07. The molecular formula is C24H22N4O3. The number of hydrogen-bond acceptors (Lipinski definition) is 4. The Kier molecular flexibility index (Phi) is 4.88. The topological polar surface area (TPSA) is 82.5 Å². The van der Waals surface area contributed by atoms with E-state index < -0.39 is 4.92 Å². The van der Waals surface area contributed by atoms with Crippen molar-refractivity contribution in [2.45, 2.75) is 6.54 Å². The van der Waals surface area contributed by atoms with Gasteiger partial charge < -0.3 is 9.88 Å². The molecule has 0 atom stereocenters. The minimum absolute atomic E-state index is 0.0129. The number of aromatic nitrogens is 1. The van der Waals surface area contributed by atoms with Gasteiger partial charge in [-0.05, 0) is 22.4 Å².